The predicted octanol–water partition coefficient (Wildman–Crippen LogP) is 8.91. The lowest BCUT2D eigenvalue weighted by Crippen LogP contribution is -2.51. The zero-order chi connectivity index (χ0) is 36.5. The molecule has 2 aliphatic carbocycles. The van der Waals surface area contributed by atoms with Gasteiger partial charge in [0.05, 0.1) is 28.9 Å². The van der Waals surface area contributed by atoms with Crippen molar-refractivity contribution in [3.63, 3.8) is 0 Å². The van der Waals surface area contributed by atoms with Crippen molar-refractivity contribution in [1.82, 2.24) is 0 Å². The fourth-order valence-corrected chi connectivity index (χ4v) is 9.00. The Morgan fingerprint density at radius 3 is 2.38 bits per heavy atom. The van der Waals surface area contributed by atoms with Crippen molar-refractivity contribution in [3.8, 4) is 11.5 Å². The van der Waals surface area contributed by atoms with Crippen molar-refractivity contribution in [3.05, 3.63) is 83.7 Å². The van der Waals surface area contributed by atoms with Gasteiger partial charge in [-0.25, -0.2) is 22.0 Å². The van der Waals surface area contributed by atoms with Crippen molar-refractivity contribution in [2.45, 2.75) is 73.4 Å². The van der Waals surface area contributed by atoms with E-state index in [9.17, 15) is 35.6 Å². The minimum Gasteiger partial charge on any atom is -0.493 e. The van der Waals surface area contributed by atoms with Gasteiger partial charge in [0.2, 0.25) is 0 Å². The van der Waals surface area contributed by atoms with E-state index in [1.165, 1.54) is 19.3 Å². The fraction of sp³-hybridized carbons (Fsp3) is 0.444. The SMILES string of the molecule is COc1cc(/C=C/C(=O)OCCCCBr)ccc1OC(=O)CC[C@H]1CC[C@@](C2C=C(F)C=CC2F)(S(=O)(=O)c2ccc(C(F)(F)F)cc2)CC1. The number of allylic oxidation sites excluding steroid dienone is 4. The van der Waals surface area contributed by atoms with Gasteiger partial charge in [-0.2, -0.15) is 13.2 Å². The number of unbranched alkanes of at least 4 members (excludes halogenated alkanes) is 1. The molecule has 0 N–H and O–H groups in total. The highest BCUT2D eigenvalue weighted by Crippen LogP contribution is 2.50. The zero-order valence-electron chi connectivity index (χ0n) is 27.3. The summed E-state index contributed by atoms with van der Waals surface area (Å²) in [5, 5.41) is 0.823. The third-order valence-electron chi connectivity index (χ3n) is 9.06. The molecular weight excluding hydrogens is 751 g/mol. The second-order valence-electron chi connectivity index (χ2n) is 12.2. The maximum absolute atomic E-state index is 15.3. The second kappa shape index (κ2) is 17.1. The Kier molecular flexibility index (Phi) is 13.5. The maximum Gasteiger partial charge on any atom is 0.416 e. The van der Waals surface area contributed by atoms with Gasteiger partial charge in [0, 0.05) is 23.7 Å². The maximum atomic E-state index is 15.3. The van der Waals surface area contributed by atoms with Crippen LogP contribution in [0, 0.1) is 11.8 Å². The van der Waals surface area contributed by atoms with Gasteiger partial charge in [-0.1, -0.05) is 22.0 Å². The van der Waals surface area contributed by atoms with Crippen LogP contribution < -0.4 is 9.47 Å². The summed E-state index contributed by atoms with van der Waals surface area (Å²) in [6.07, 6.45) is 1.36. The molecule has 0 heterocycles. The Morgan fingerprint density at radius 1 is 1.04 bits per heavy atom. The molecule has 2 aromatic carbocycles. The molecule has 1 saturated carbocycles. The molecule has 50 heavy (non-hydrogen) atoms. The van der Waals surface area contributed by atoms with Crippen molar-refractivity contribution >= 4 is 43.8 Å². The number of carbonyl (C=O) groups is 2. The Labute approximate surface area is 296 Å². The second-order valence-corrected chi connectivity index (χ2v) is 15.3. The lowest BCUT2D eigenvalue weighted by Gasteiger charge is -2.45. The number of hydrogen-bond donors (Lipinski definition) is 0. The topological polar surface area (TPSA) is 96.0 Å². The highest BCUT2D eigenvalue weighted by molar-refractivity contribution is 9.09. The number of benzene rings is 2. The molecular formula is C36H38BrF5O7S. The number of esters is 2. The normalized spacial score (nSPS) is 22.6. The largest absolute Gasteiger partial charge is 0.493 e. The van der Waals surface area contributed by atoms with Crippen molar-refractivity contribution < 1.29 is 54.2 Å². The molecule has 272 valence electrons. The van der Waals surface area contributed by atoms with E-state index < -0.39 is 61.1 Å². The zero-order valence-corrected chi connectivity index (χ0v) is 29.7. The van der Waals surface area contributed by atoms with Gasteiger partial charge in [-0.15, -0.1) is 0 Å². The van der Waals surface area contributed by atoms with Gasteiger partial charge in [0.15, 0.2) is 21.3 Å². The van der Waals surface area contributed by atoms with Crippen LogP contribution in [-0.4, -0.2) is 50.3 Å². The number of hydrogen-bond acceptors (Lipinski definition) is 7. The molecule has 14 heteroatoms. The summed E-state index contributed by atoms with van der Waals surface area (Å²) >= 11 is 3.31. The van der Waals surface area contributed by atoms with Gasteiger partial charge in [-0.05, 0) is 117 Å². The number of sulfone groups is 1. The van der Waals surface area contributed by atoms with Crippen LogP contribution in [0.1, 0.15) is 62.5 Å². The van der Waals surface area contributed by atoms with Gasteiger partial charge >= 0.3 is 18.1 Å². The molecule has 0 spiro atoms. The minimum absolute atomic E-state index is 0.0263. The quantitative estimate of drug-likeness (QED) is 0.0471. The average Bonchev–Trinajstić information content (AvgIpc) is 3.09. The van der Waals surface area contributed by atoms with E-state index in [2.05, 4.69) is 15.9 Å². The van der Waals surface area contributed by atoms with Crippen LogP contribution in [0.2, 0.25) is 0 Å². The van der Waals surface area contributed by atoms with Crippen LogP contribution in [0.3, 0.4) is 0 Å². The monoisotopic (exact) mass is 788 g/mol. The van der Waals surface area contributed by atoms with Crippen LogP contribution in [0.25, 0.3) is 6.08 Å². The summed E-state index contributed by atoms with van der Waals surface area (Å²) in [5.41, 5.74) is -0.426. The number of ether oxygens (including phenoxy) is 3. The lowest BCUT2D eigenvalue weighted by atomic mass is 9.71. The number of carbonyl (C=O) groups excluding carboxylic acids is 2. The van der Waals surface area contributed by atoms with E-state index in [0.29, 0.717) is 30.7 Å². The van der Waals surface area contributed by atoms with Crippen LogP contribution in [0.15, 0.2) is 77.5 Å². The van der Waals surface area contributed by atoms with Crippen molar-refractivity contribution in [2.75, 3.05) is 19.0 Å². The molecule has 0 amide bonds. The van der Waals surface area contributed by atoms with Gasteiger partial charge in [0.1, 0.15) is 12.0 Å². The highest BCUT2D eigenvalue weighted by atomic mass is 79.9. The molecule has 0 bridgehead atoms. The Hall–Kier alpha value is -3.52. The molecule has 0 aliphatic heterocycles. The summed E-state index contributed by atoms with van der Waals surface area (Å²) in [6.45, 7) is 0.310. The summed E-state index contributed by atoms with van der Waals surface area (Å²) in [4.78, 5) is 24.3. The van der Waals surface area contributed by atoms with Crippen molar-refractivity contribution in [1.29, 1.82) is 0 Å². The lowest BCUT2D eigenvalue weighted by molar-refractivity contribution is -0.138. The molecule has 1 fully saturated rings. The first kappa shape index (κ1) is 39.3. The molecule has 2 atom stereocenters. The van der Waals surface area contributed by atoms with E-state index >= 15 is 4.39 Å². The van der Waals surface area contributed by atoms with E-state index in [1.807, 2.05) is 0 Å². The van der Waals surface area contributed by atoms with E-state index in [0.717, 1.165) is 48.5 Å². The first-order valence-electron chi connectivity index (χ1n) is 16.1. The van der Waals surface area contributed by atoms with Gasteiger partial charge in [-0.3, -0.25) is 4.79 Å². The molecule has 2 aromatic rings. The Balaban J connectivity index is 1.40. The summed E-state index contributed by atoms with van der Waals surface area (Å²) in [5.74, 6) is -3.00. The van der Waals surface area contributed by atoms with Gasteiger partial charge < -0.3 is 14.2 Å². The summed E-state index contributed by atoms with van der Waals surface area (Å²) in [7, 11) is -3.05. The third-order valence-corrected chi connectivity index (χ3v) is 12.3. The summed E-state index contributed by atoms with van der Waals surface area (Å²) < 4.78 is 112. The van der Waals surface area contributed by atoms with Crippen LogP contribution in [0.5, 0.6) is 11.5 Å². The summed E-state index contributed by atoms with van der Waals surface area (Å²) in [6, 6.07) is 7.77. The Bertz CT molecular complexity index is 1700. The molecule has 7 nitrogen and oxygen atoms in total. The smallest absolute Gasteiger partial charge is 0.416 e. The third kappa shape index (κ3) is 9.62. The first-order chi connectivity index (χ1) is 23.7. The number of alkyl halides is 5. The van der Waals surface area contributed by atoms with E-state index in [1.54, 1.807) is 18.2 Å². The Morgan fingerprint density at radius 2 is 1.74 bits per heavy atom. The van der Waals surface area contributed by atoms with E-state index in [-0.39, 0.29) is 49.5 Å². The molecule has 2 aliphatic rings. The number of methoxy groups -OCH3 is 1. The molecule has 2 unspecified atom stereocenters. The van der Waals surface area contributed by atoms with Crippen LogP contribution >= 0.6 is 15.9 Å². The molecule has 0 radical (unpaired) electrons. The minimum atomic E-state index is -4.68. The molecule has 0 saturated heterocycles. The number of rotatable bonds is 14. The standard InChI is InChI=1S/C36H38BrF5O7S/c1-47-32-22-25(6-14-33(43)48-21-3-2-20-37)4-13-31(32)49-34(44)15-5-24-16-18-35(19-17-24,29-23-27(38)9-12-30(29)39)50(45,46)28-10-7-26(8-11-28)36(40,41)42/h4,6-14,22-24,29-30H,2-3,5,15-21H2,1H3/b14-6+/t24-,29?,30?,35+. The fourth-order valence-electron chi connectivity index (χ4n) is 6.31. The molecule has 0 aromatic heterocycles. The predicted molar refractivity (Wildman–Crippen MR) is 181 cm³/mol. The van der Waals surface area contributed by atoms with Crippen LogP contribution in [0.4, 0.5) is 22.0 Å². The first-order valence-corrected chi connectivity index (χ1v) is 18.7. The average molecular weight is 790 g/mol. The number of halogens is 6. The van der Waals surface area contributed by atoms with Crippen LogP contribution in [-0.2, 0) is 30.3 Å². The van der Waals surface area contributed by atoms with Crippen molar-refractivity contribution in [2.24, 2.45) is 11.8 Å². The molecule has 4 rings (SSSR count). The van der Waals surface area contributed by atoms with E-state index in [4.69, 9.17) is 14.2 Å². The highest BCUT2D eigenvalue weighted by Gasteiger charge is 2.54. The van der Waals surface area contributed by atoms with Gasteiger partial charge in [0.25, 0.3) is 0 Å².